The lowest BCUT2D eigenvalue weighted by Gasteiger charge is -2.31. The van der Waals surface area contributed by atoms with Crippen LogP contribution in [0.25, 0.3) is 0 Å². The van der Waals surface area contributed by atoms with Crippen LogP contribution in [-0.4, -0.2) is 49.9 Å². The van der Waals surface area contributed by atoms with Gasteiger partial charge in [0.25, 0.3) is 0 Å². The molecule has 0 radical (unpaired) electrons. The molecule has 2 N–H and O–H groups in total. The fraction of sp³-hybridized carbons (Fsp3) is 0.657. The van der Waals surface area contributed by atoms with E-state index in [4.69, 9.17) is 27.1 Å². The molecule has 0 saturated heterocycles. The molecule has 0 saturated carbocycles. The van der Waals surface area contributed by atoms with Crippen LogP contribution >= 0.6 is 15.6 Å². The van der Waals surface area contributed by atoms with Gasteiger partial charge in [-0.15, -0.1) is 0 Å². The second kappa shape index (κ2) is 24.4. The first-order valence-electron chi connectivity index (χ1n) is 17.3. The molecule has 0 aromatic heterocycles. The third-order valence-corrected chi connectivity index (χ3v) is 10.4. The van der Waals surface area contributed by atoms with Crippen LogP contribution in [0.5, 0.6) is 11.5 Å². The standard InChI is InChI=1S/C35H58O10P2/c1-3-5-7-9-11-13-21-27-40-46(38,44-33-23-17-15-18-24-33)42-31-35(29-36,30-37)32-43-47(39,45-34-25-19-16-20-26-34)41-28-22-14-12-10-8-6-4-2/h15-20,23-26,36-37H,3-14,21-22,27-32H2,1-2H3. The molecule has 2 aromatic carbocycles. The molecule has 0 spiro atoms. The molecule has 0 bridgehead atoms. The van der Waals surface area contributed by atoms with Crippen molar-refractivity contribution in [2.24, 2.45) is 5.41 Å². The summed E-state index contributed by atoms with van der Waals surface area (Å²) >= 11 is 0. The molecule has 0 fully saturated rings. The third kappa shape index (κ3) is 18.0. The lowest BCUT2D eigenvalue weighted by Crippen LogP contribution is -2.39. The van der Waals surface area contributed by atoms with Gasteiger partial charge >= 0.3 is 15.6 Å². The number of hydrogen-bond acceptors (Lipinski definition) is 10. The van der Waals surface area contributed by atoms with Crippen LogP contribution in [0.2, 0.25) is 0 Å². The normalized spacial score (nSPS) is 14.4. The summed E-state index contributed by atoms with van der Waals surface area (Å²) in [5.41, 5.74) is -1.53. The van der Waals surface area contributed by atoms with Gasteiger partial charge in [0.2, 0.25) is 0 Å². The van der Waals surface area contributed by atoms with E-state index in [1.165, 1.54) is 38.5 Å². The molecule has 2 atom stereocenters. The summed E-state index contributed by atoms with van der Waals surface area (Å²) in [6.45, 7) is 2.39. The maximum atomic E-state index is 13.8. The first kappa shape index (κ1) is 41.4. The summed E-state index contributed by atoms with van der Waals surface area (Å²) in [5.74, 6) is 0.564. The Bertz CT molecular complexity index is 1050. The zero-order chi connectivity index (χ0) is 34.1. The van der Waals surface area contributed by atoms with E-state index in [0.717, 1.165) is 38.5 Å². The molecule has 0 aliphatic heterocycles. The number of benzene rings is 2. The van der Waals surface area contributed by atoms with Crippen LogP contribution < -0.4 is 9.05 Å². The van der Waals surface area contributed by atoms with Gasteiger partial charge in [0.1, 0.15) is 11.5 Å². The second-order valence-corrected chi connectivity index (χ2v) is 15.2. The Morgan fingerprint density at radius 1 is 0.511 bits per heavy atom. The maximum Gasteiger partial charge on any atom is 0.530 e. The van der Waals surface area contributed by atoms with Crippen LogP contribution in [0, 0.1) is 5.41 Å². The van der Waals surface area contributed by atoms with Gasteiger partial charge in [0, 0.05) is 0 Å². The maximum absolute atomic E-state index is 13.8. The Morgan fingerprint density at radius 3 is 1.19 bits per heavy atom. The third-order valence-electron chi connectivity index (χ3n) is 7.64. The average Bonchev–Trinajstić information content (AvgIpc) is 3.08. The highest BCUT2D eigenvalue weighted by Crippen LogP contribution is 2.53. The molecule has 2 unspecified atom stereocenters. The predicted molar refractivity (Wildman–Crippen MR) is 186 cm³/mol. The number of phosphoric acid groups is 2. The fourth-order valence-corrected chi connectivity index (χ4v) is 7.27. The molecule has 0 amide bonds. The van der Waals surface area contributed by atoms with Gasteiger partial charge in [-0.05, 0) is 37.1 Å². The number of unbranched alkanes of at least 4 members (excludes halogenated alkanes) is 12. The van der Waals surface area contributed by atoms with E-state index in [2.05, 4.69) is 13.8 Å². The van der Waals surface area contributed by atoms with E-state index >= 15 is 0 Å². The quantitative estimate of drug-likeness (QED) is 0.0600. The molecule has 2 rings (SSSR count). The van der Waals surface area contributed by atoms with E-state index in [9.17, 15) is 19.3 Å². The number of aliphatic hydroxyl groups excluding tert-OH is 2. The number of aliphatic hydroxyl groups is 2. The van der Waals surface area contributed by atoms with E-state index in [0.29, 0.717) is 12.8 Å². The van der Waals surface area contributed by atoms with Gasteiger partial charge in [-0.1, -0.05) is 127 Å². The summed E-state index contributed by atoms with van der Waals surface area (Å²) in [4.78, 5) is 0. The highest BCUT2D eigenvalue weighted by molar-refractivity contribution is 7.49. The molecule has 10 nitrogen and oxygen atoms in total. The van der Waals surface area contributed by atoms with Crippen molar-refractivity contribution in [3.05, 3.63) is 60.7 Å². The molecular formula is C35H58O10P2. The number of rotatable bonds is 30. The minimum Gasteiger partial charge on any atom is -0.404 e. The van der Waals surface area contributed by atoms with Crippen LogP contribution in [0.1, 0.15) is 104 Å². The summed E-state index contributed by atoms with van der Waals surface area (Å²) in [5, 5.41) is 20.7. The molecule has 12 heteroatoms. The van der Waals surface area contributed by atoms with E-state index in [-0.39, 0.29) is 24.7 Å². The minimum absolute atomic E-state index is 0.145. The molecule has 2 aromatic rings. The van der Waals surface area contributed by atoms with E-state index < -0.39 is 47.5 Å². The van der Waals surface area contributed by atoms with Crippen molar-refractivity contribution in [2.75, 3.05) is 39.6 Å². The summed E-state index contributed by atoms with van der Waals surface area (Å²) < 4.78 is 61.7. The zero-order valence-electron chi connectivity index (χ0n) is 28.5. The fourth-order valence-electron chi connectivity index (χ4n) is 4.58. The molecule has 0 aliphatic rings. The lowest BCUT2D eigenvalue weighted by molar-refractivity contribution is -0.0338. The average molecular weight is 701 g/mol. The number of hydrogen-bond donors (Lipinski definition) is 2. The summed E-state index contributed by atoms with van der Waals surface area (Å²) in [6, 6.07) is 17.0. The molecule has 0 heterocycles. The monoisotopic (exact) mass is 700 g/mol. The highest BCUT2D eigenvalue weighted by atomic mass is 31.2. The van der Waals surface area contributed by atoms with Crippen molar-refractivity contribution >= 4 is 15.6 Å². The second-order valence-electron chi connectivity index (χ2n) is 12.0. The van der Waals surface area contributed by atoms with Crippen molar-refractivity contribution in [3.63, 3.8) is 0 Å². The van der Waals surface area contributed by atoms with Gasteiger partial charge in [0.15, 0.2) is 0 Å². The minimum atomic E-state index is -4.19. The van der Waals surface area contributed by atoms with Crippen LogP contribution in [0.4, 0.5) is 0 Å². The van der Waals surface area contributed by atoms with Crippen molar-refractivity contribution in [3.8, 4) is 11.5 Å². The molecular weight excluding hydrogens is 642 g/mol. The van der Waals surface area contributed by atoms with Gasteiger partial charge in [-0.3, -0.25) is 18.1 Å². The Kier molecular flexibility index (Phi) is 21.5. The Hall–Kier alpha value is -1.74. The summed E-state index contributed by atoms with van der Waals surface area (Å²) in [6.07, 6.45) is 14.7. The molecule has 47 heavy (non-hydrogen) atoms. The van der Waals surface area contributed by atoms with Crippen LogP contribution in [0.15, 0.2) is 60.7 Å². The van der Waals surface area contributed by atoms with Crippen LogP contribution in [-0.2, 0) is 27.2 Å². The van der Waals surface area contributed by atoms with Crippen molar-refractivity contribution in [2.45, 2.75) is 104 Å². The molecule has 268 valence electrons. The van der Waals surface area contributed by atoms with Crippen LogP contribution in [0.3, 0.4) is 0 Å². The van der Waals surface area contributed by atoms with Gasteiger partial charge in [-0.2, -0.15) is 0 Å². The first-order valence-corrected chi connectivity index (χ1v) is 20.2. The predicted octanol–water partition coefficient (Wildman–Crippen LogP) is 9.90. The smallest absolute Gasteiger partial charge is 0.404 e. The number of para-hydroxylation sites is 2. The van der Waals surface area contributed by atoms with E-state index in [1.54, 1.807) is 60.7 Å². The topological polar surface area (TPSA) is 130 Å². The van der Waals surface area contributed by atoms with Gasteiger partial charge < -0.3 is 19.3 Å². The zero-order valence-corrected chi connectivity index (χ0v) is 30.3. The van der Waals surface area contributed by atoms with Gasteiger partial charge in [-0.25, -0.2) is 9.13 Å². The Morgan fingerprint density at radius 2 is 0.851 bits per heavy atom. The SMILES string of the molecule is CCCCCCCCCOP(=O)(OCC(CO)(CO)COP(=O)(OCCCCCCCCC)Oc1ccccc1)Oc1ccccc1. The van der Waals surface area contributed by atoms with Crippen molar-refractivity contribution in [1.82, 2.24) is 0 Å². The Labute approximate surface area is 282 Å². The number of phosphoric ester groups is 2. The van der Waals surface area contributed by atoms with E-state index in [1.807, 2.05) is 0 Å². The van der Waals surface area contributed by atoms with Crippen molar-refractivity contribution in [1.29, 1.82) is 0 Å². The largest absolute Gasteiger partial charge is 0.530 e. The summed E-state index contributed by atoms with van der Waals surface area (Å²) in [7, 11) is -8.39. The highest BCUT2D eigenvalue weighted by Gasteiger charge is 2.40. The Balaban J connectivity index is 2.05. The lowest BCUT2D eigenvalue weighted by atomic mass is 9.93. The molecule has 0 aliphatic carbocycles. The first-order chi connectivity index (χ1) is 22.8. The van der Waals surface area contributed by atoms with Crippen molar-refractivity contribution < 1.29 is 46.5 Å². The van der Waals surface area contributed by atoms with Gasteiger partial charge in [0.05, 0.1) is 45.1 Å².